The molecule has 0 unspecified atom stereocenters. The van der Waals surface area contributed by atoms with Crippen molar-refractivity contribution in [2.24, 2.45) is 5.92 Å². The zero-order valence-corrected chi connectivity index (χ0v) is 10.5. The molecule has 0 bridgehead atoms. The molecule has 0 amide bonds. The molecule has 0 saturated heterocycles. The quantitative estimate of drug-likeness (QED) is 0.752. The lowest BCUT2D eigenvalue weighted by atomic mass is 9.85. The molecule has 2 aromatic heterocycles. The minimum Gasteiger partial charge on any atom is -0.368 e. The lowest BCUT2D eigenvalue weighted by Crippen LogP contribution is -2.21. The predicted molar refractivity (Wildman–Crippen MR) is 71.7 cm³/mol. The summed E-state index contributed by atoms with van der Waals surface area (Å²) in [5.41, 5.74) is 1.59. The van der Waals surface area contributed by atoms with Crippen LogP contribution in [0, 0.1) is 5.92 Å². The third-order valence-corrected chi connectivity index (χ3v) is 3.40. The summed E-state index contributed by atoms with van der Waals surface area (Å²) >= 11 is 0. The first-order chi connectivity index (χ1) is 8.86. The van der Waals surface area contributed by atoms with Gasteiger partial charge >= 0.3 is 0 Å². The minimum absolute atomic E-state index is 0.633. The molecular weight excluding hydrogens is 228 g/mol. The molecule has 0 radical (unpaired) electrons. The fourth-order valence-electron chi connectivity index (χ4n) is 2.14. The van der Waals surface area contributed by atoms with Gasteiger partial charge in [0.25, 0.3) is 0 Å². The number of aromatic amines is 1. The van der Waals surface area contributed by atoms with Gasteiger partial charge < -0.3 is 15.6 Å². The summed E-state index contributed by atoms with van der Waals surface area (Å²) in [5, 5.41) is 6.54. The van der Waals surface area contributed by atoms with Crippen molar-refractivity contribution in [2.75, 3.05) is 23.7 Å². The number of fused-ring (bicyclic) bond motifs is 1. The normalized spacial score (nSPS) is 15.6. The van der Waals surface area contributed by atoms with Crippen LogP contribution < -0.4 is 10.6 Å². The third kappa shape index (κ3) is 2.10. The van der Waals surface area contributed by atoms with E-state index < -0.39 is 0 Å². The van der Waals surface area contributed by atoms with Crippen molar-refractivity contribution in [3.63, 3.8) is 0 Å². The molecule has 6 heteroatoms. The number of hydrogen-bond acceptors (Lipinski definition) is 5. The highest BCUT2D eigenvalue weighted by molar-refractivity contribution is 5.83. The van der Waals surface area contributed by atoms with Crippen LogP contribution in [0.3, 0.4) is 0 Å². The van der Waals surface area contributed by atoms with Crippen molar-refractivity contribution >= 4 is 22.9 Å². The topological polar surface area (TPSA) is 78.5 Å². The lowest BCUT2D eigenvalue weighted by molar-refractivity contribution is 0.333. The van der Waals surface area contributed by atoms with Crippen LogP contribution in [0.1, 0.15) is 26.2 Å². The molecule has 2 aromatic rings. The zero-order valence-electron chi connectivity index (χ0n) is 10.5. The Labute approximate surface area is 106 Å². The Hall–Kier alpha value is -1.85. The number of H-pyrrole nitrogens is 1. The molecule has 96 valence electrons. The second-order valence-corrected chi connectivity index (χ2v) is 4.71. The monoisotopic (exact) mass is 246 g/mol. The molecule has 18 heavy (non-hydrogen) atoms. The number of anilines is 2. The van der Waals surface area contributed by atoms with E-state index >= 15 is 0 Å². The van der Waals surface area contributed by atoms with E-state index in [-0.39, 0.29) is 0 Å². The van der Waals surface area contributed by atoms with Crippen LogP contribution in [0.5, 0.6) is 0 Å². The van der Waals surface area contributed by atoms with Gasteiger partial charge in [0.15, 0.2) is 11.5 Å². The molecule has 0 aliphatic heterocycles. The number of nitrogens with zero attached hydrogens (tertiary/aromatic N) is 3. The molecule has 6 nitrogen and oxygen atoms in total. The maximum atomic E-state index is 4.49. The highest BCUT2D eigenvalue weighted by Crippen LogP contribution is 2.27. The first kappa shape index (κ1) is 11.3. The predicted octanol–water partition coefficient (Wildman–Crippen LogP) is 2.00. The van der Waals surface area contributed by atoms with Crippen molar-refractivity contribution in [3.8, 4) is 0 Å². The molecule has 3 N–H and O–H groups in total. The van der Waals surface area contributed by atoms with Crippen molar-refractivity contribution in [1.82, 2.24) is 19.9 Å². The van der Waals surface area contributed by atoms with Gasteiger partial charge in [-0.1, -0.05) is 6.42 Å². The number of nitrogens with one attached hydrogen (secondary N) is 3. The van der Waals surface area contributed by atoms with E-state index in [1.165, 1.54) is 19.3 Å². The summed E-state index contributed by atoms with van der Waals surface area (Å²) < 4.78 is 0. The second kappa shape index (κ2) is 4.80. The van der Waals surface area contributed by atoms with E-state index in [4.69, 9.17) is 0 Å². The van der Waals surface area contributed by atoms with E-state index in [1.54, 1.807) is 6.33 Å². The number of hydrogen-bond donors (Lipinski definition) is 3. The van der Waals surface area contributed by atoms with Crippen LogP contribution in [0.15, 0.2) is 6.33 Å². The minimum atomic E-state index is 0.633. The fraction of sp³-hybridized carbons (Fsp3) is 0.583. The van der Waals surface area contributed by atoms with Gasteiger partial charge in [-0.05, 0) is 25.7 Å². The highest BCUT2D eigenvalue weighted by Gasteiger charge is 2.18. The summed E-state index contributed by atoms with van der Waals surface area (Å²) in [6.45, 7) is 3.81. The molecule has 1 fully saturated rings. The first-order valence-corrected chi connectivity index (χ1v) is 6.55. The Balaban J connectivity index is 1.84. The van der Waals surface area contributed by atoms with Gasteiger partial charge in [0.05, 0.1) is 6.33 Å². The standard InChI is InChI=1S/C12H18N6/c1-2-13-12-17-10(14-6-8-4-3-5-8)9-11(18-12)16-7-15-9/h7-8H,2-6H2,1H3,(H3,13,14,15,16,17,18). The van der Waals surface area contributed by atoms with Gasteiger partial charge in [0.1, 0.15) is 5.52 Å². The largest absolute Gasteiger partial charge is 0.368 e. The SMILES string of the molecule is CCNc1nc(NCC2CCC2)c2[nH]cnc2n1. The average molecular weight is 246 g/mol. The molecule has 1 aliphatic rings. The van der Waals surface area contributed by atoms with E-state index in [9.17, 15) is 0 Å². The highest BCUT2D eigenvalue weighted by atomic mass is 15.2. The third-order valence-electron chi connectivity index (χ3n) is 3.40. The zero-order chi connectivity index (χ0) is 12.4. The van der Waals surface area contributed by atoms with Crippen LogP contribution in [0.25, 0.3) is 11.2 Å². The summed E-state index contributed by atoms with van der Waals surface area (Å²) in [5.74, 6) is 2.27. The molecule has 1 aliphatic carbocycles. The molecule has 1 saturated carbocycles. The van der Waals surface area contributed by atoms with Crippen LogP contribution in [-0.2, 0) is 0 Å². The second-order valence-electron chi connectivity index (χ2n) is 4.71. The van der Waals surface area contributed by atoms with Crippen molar-refractivity contribution in [1.29, 1.82) is 0 Å². The van der Waals surface area contributed by atoms with Gasteiger partial charge in [0, 0.05) is 13.1 Å². The Bertz CT molecular complexity index is 530. The fourth-order valence-corrected chi connectivity index (χ4v) is 2.14. The van der Waals surface area contributed by atoms with Gasteiger partial charge in [-0.3, -0.25) is 0 Å². The Morgan fingerprint density at radius 3 is 2.94 bits per heavy atom. The Morgan fingerprint density at radius 1 is 1.33 bits per heavy atom. The van der Waals surface area contributed by atoms with Crippen LogP contribution in [-0.4, -0.2) is 33.0 Å². The van der Waals surface area contributed by atoms with Crippen LogP contribution >= 0.6 is 0 Å². The molecular formula is C12H18N6. The Kier molecular flexibility index (Phi) is 3.00. The maximum Gasteiger partial charge on any atom is 0.226 e. The molecule has 2 heterocycles. The summed E-state index contributed by atoms with van der Waals surface area (Å²) in [6, 6.07) is 0. The molecule has 3 rings (SSSR count). The van der Waals surface area contributed by atoms with Gasteiger partial charge in [-0.2, -0.15) is 9.97 Å². The molecule has 0 atom stereocenters. The summed E-state index contributed by atoms with van der Waals surface area (Å²) in [6.07, 6.45) is 5.66. The molecule has 0 spiro atoms. The first-order valence-electron chi connectivity index (χ1n) is 6.55. The average Bonchev–Trinajstić information content (AvgIpc) is 2.75. The van der Waals surface area contributed by atoms with E-state index in [0.29, 0.717) is 11.6 Å². The molecule has 0 aromatic carbocycles. The van der Waals surface area contributed by atoms with Crippen molar-refractivity contribution in [3.05, 3.63) is 6.33 Å². The van der Waals surface area contributed by atoms with Crippen LogP contribution in [0.4, 0.5) is 11.8 Å². The smallest absolute Gasteiger partial charge is 0.226 e. The van der Waals surface area contributed by atoms with Gasteiger partial charge in [0.2, 0.25) is 5.95 Å². The lowest BCUT2D eigenvalue weighted by Gasteiger charge is -2.25. The number of imidazole rings is 1. The Morgan fingerprint density at radius 2 is 2.22 bits per heavy atom. The maximum absolute atomic E-state index is 4.49. The number of rotatable bonds is 5. The number of aromatic nitrogens is 4. The van der Waals surface area contributed by atoms with Crippen molar-refractivity contribution in [2.45, 2.75) is 26.2 Å². The van der Waals surface area contributed by atoms with E-state index in [1.807, 2.05) is 6.92 Å². The summed E-state index contributed by atoms with van der Waals surface area (Å²) in [4.78, 5) is 16.1. The van der Waals surface area contributed by atoms with E-state index in [0.717, 1.165) is 30.3 Å². The van der Waals surface area contributed by atoms with Crippen molar-refractivity contribution < 1.29 is 0 Å². The van der Waals surface area contributed by atoms with Gasteiger partial charge in [-0.25, -0.2) is 4.98 Å². The van der Waals surface area contributed by atoms with Gasteiger partial charge in [-0.15, -0.1) is 0 Å². The van der Waals surface area contributed by atoms with Crippen LogP contribution in [0.2, 0.25) is 0 Å². The van der Waals surface area contributed by atoms with E-state index in [2.05, 4.69) is 30.6 Å². The summed E-state index contributed by atoms with van der Waals surface area (Å²) in [7, 11) is 0.